The second kappa shape index (κ2) is 3.86. The summed E-state index contributed by atoms with van der Waals surface area (Å²) in [5, 5.41) is 18.7. The van der Waals surface area contributed by atoms with Crippen molar-refractivity contribution in [3.8, 4) is 0 Å². The van der Waals surface area contributed by atoms with Crippen LogP contribution in [0.1, 0.15) is 24.0 Å². The molecule has 0 spiro atoms. The SMILES string of the molecule is Cc1ccc(C2(C(=O)O)CC(O)C2)c(Br)c1. The zero-order chi connectivity index (χ0) is 11.9. The van der Waals surface area contributed by atoms with Gasteiger partial charge < -0.3 is 10.2 Å². The molecule has 0 heterocycles. The highest BCUT2D eigenvalue weighted by Gasteiger charge is 2.52. The summed E-state index contributed by atoms with van der Waals surface area (Å²) in [5.74, 6) is -0.859. The van der Waals surface area contributed by atoms with Crippen molar-refractivity contribution in [2.45, 2.75) is 31.3 Å². The molecule has 1 aromatic carbocycles. The Balaban J connectivity index is 2.45. The molecule has 0 radical (unpaired) electrons. The van der Waals surface area contributed by atoms with Crippen molar-refractivity contribution in [2.75, 3.05) is 0 Å². The van der Waals surface area contributed by atoms with Crippen LogP contribution in [0.5, 0.6) is 0 Å². The smallest absolute Gasteiger partial charge is 0.314 e. The Labute approximate surface area is 102 Å². The molecule has 3 nitrogen and oxygen atoms in total. The fourth-order valence-corrected chi connectivity index (χ4v) is 3.14. The van der Waals surface area contributed by atoms with Crippen molar-refractivity contribution in [1.29, 1.82) is 0 Å². The van der Waals surface area contributed by atoms with Crippen molar-refractivity contribution in [3.63, 3.8) is 0 Å². The van der Waals surface area contributed by atoms with Crippen molar-refractivity contribution in [1.82, 2.24) is 0 Å². The van der Waals surface area contributed by atoms with Gasteiger partial charge in [-0.15, -0.1) is 0 Å². The monoisotopic (exact) mass is 284 g/mol. The molecule has 1 saturated carbocycles. The zero-order valence-electron chi connectivity index (χ0n) is 8.90. The van der Waals surface area contributed by atoms with Crippen molar-refractivity contribution in [2.24, 2.45) is 0 Å². The molecule has 0 aromatic heterocycles. The second-order valence-electron chi connectivity index (χ2n) is 4.43. The van der Waals surface area contributed by atoms with Gasteiger partial charge in [0.05, 0.1) is 11.5 Å². The van der Waals surface area contributed by atoms with E-state index in [-0.39, 0.29) is 0 Å². The lowest BCUT2D eigenvalue weighted by atomic mass is 9.62. The Hall–Kier alpha value is -0.870. The summed E-state index contributed by atoms with van der Waals surface area (Å²) in [4.78, 5) is 11.4. The van der Waals surface area contributed by atoms with Crippen molar-refractivity contribution in [3.05, 3.63) is 33.8 Å². The molecule has 1 aliphatic rings. The molecule has 0 amide bonds. The number of aliphatic hydroxyl groups excluding tert-OH is 1. The molecule has 2 N–H and O–H groups in total. The van der Waals surface area contributed by atoms with Gasteiger partial charge in [0, 0.05) is 4.47 Å². The van der Waals surface area contributed by atoms with Gasteiger partial charge in [-0.25, -0.2) is 0 Å². The van der Waals surface area contributed by atoms with Crippen LogP contribution in [0.15, 0.2) is 22.7 Å². The van der Waals surface area contributed by atoms with Crippen LogP contribution < -0.4 is 0 Å². The molecule has 0 bridgehead atoms. The molecule has 0 atom stereocenters. The molecule has 1 fully saturated rings. The fraction of sp³-hybridized carbons (Fsp3) is 0.417. The molecule has 4 heteroatoms. The van der Waals surface area contributed by atoms with Crippen LogP contribution in [-0.2, 0) is 10.2 Å². The Bertz CT molecular complexity index is 436. The van der Waals surface area contributed by atoms with Gasteiger partial charge in [-0.2, -0.15) is 0 Å². The average molecular weight is 285 g/mol. The van der Waals surface area contributed by atoms with Gasteiger partial charge in [0.1, 0.15) is 0 Å². The summed E-state index contributed by atoms with van der Waals surface area (Å²) < 4.78 is 0.807. The third-order valence-electron chi connectivity index (χ3n) is 3.22. The van der Waals surface area contributed by atoms with Gasteiger partial charge in [-0.1, -0.05) is 28.1 Å². The Kier molecular flexibility index (Phi) is 2.80. The van der Waals surface area contributed by atoms with E-state index < -0.39 is 17.5 Å². The number of hydrogen-bond donors (Lipinski definition) is 2. The van der Waals surface area contributed by atoms with Crippen LogP contribution in [0, 0.1) is 6.92 Å². The lowest BCUT2D eigenvalue weighted by molar-refractivity contribution is -0.153. The summed E-state index contributed by atoms with van der Waals surface area (Å²) in [6.07, 6.45) is 0.0952. The van der Waals surface area contributed by atoms with Gasteiger partial charge in [0.15, 0.2) is 0 Å². The molecule has 0 aliphatic heterocycles. The van der Waals surface area contributed by atoms with E-state index in [2.05, 4.69) is 15.9 Å². The molecule has 16 heavy (non-hydrogen) atoms. The predicted octanol–water partition coefficient (Wildman–Crippen LogP) is 2.23. The van der Waals surface area contributed by atoms with E-state index >= 15 is 0 Å². The zero-order valence-corrected chi connectivity index (χ0v) is 10.5. The highest BCUT2D eigenvalue weighted by Crippen LogP contribution is 2.46. The fourth-order valence-electron chi connectivity index (χ4n) is 2.26. The summed E-state index contributed by atoms with van der Waals surface area (Å²) in [6.45, 7) is 1.96. The van der Waals surface area contributed by atoms with Gasteiger partial charge in [-0.05, 0) is 37.0 Å². The first kappa shape index (κ1) is 11.6. The number of halogens is 1. The predicted molar refractivity (Wildman–Crippen MR) is 63.4 cm³/mol. The summed E-state index contributed by atoms with van der Waals surface area (Å²) in [5.41, 5.74) is 0.929. The molecule has 2 rings (SSSR count). The van der Waals surface area contributed by atoms with Crippen LogP contribution in [0.4, 0.5) is 0 Å². The molecule has 1 aliphatic carbocycles. The van der Waals surface area contributed by atoms with Crippen LogP contribution in [-0.4, -0.2) is 22.3 Å². The van der Waals surface area contributed by atoms with E-state index in [0.29, 0.717) is 12.8 Å². The first-order chi connectivity index (χ1) is 7.45. The number of aliphatic hydroxyl groups is 1. The Morgan fingerprint density at radius 1 is 1.50 bits per heavy atom. The van der Waals surface area contributed by atoms with Crippen LogP contribution >= 0.6 is 15.9 Å². The molecule has 0 saturated heterocycles. The minimum atomic E-state index is -0.911. The van der Waals surface area contributed by atoms with E-state index in [9.17, 15) is 15.0 Å². The summed E-state index contributed by atoms with van der Waals surface area (Å²) >= 11 is 3.40. The molecular weight excluding hydrogens is 272 g/mol. The van der Waals surface area contributed by atoms with Gasteiger partial charge in [0.2, 0.25) is 0 Å². The first-order valence-corrected chi connectivity index (χ1v) is 5.93. The van der Waals surface area contributed by atoms with Gasteiger partial charge in [-0.3, -0.25) is 4.79 Å². The van der Waals surface area contributed by atoms with Gasteiger partial charge >= 0.3 is 5.97 Å². The lowest BCUT2D eigenvalue weighted by Crippen LogP contribution is -2.50. The Morgan fingerprint density at radius 2 is 2.12 bits per heavy atom. The third-order valence-corrected chi connectivity index (χ3v) is 3.87. The van der Waals surface area contributed by atoms with E-state index in [4.69, 9.17) is 0 Å². The summed E-state index contributed by atoms with van der Waals surface area (Å²) in [6, 6.07) is 5.64. The third kappa shape index (κ3) is 1.66. The van der Waals surface area contributed by atoms with E-state index in [1.165, 1.54) is 0 Å². The number of benzene rings is 1. The van der Waals surface area contributed by atoms with E-state index in [0.717, 1.165) is 15.6 Å². The number of rotatable bonds is 2. The van der Waals surface area contributed by atoms with Crippen LogP contribution in [0.2, 0.25) is 0 Å². The second-order valence-corrected chi connectivity index (χ2v) is 5.29. The number of carboxylic acid groups (broad SMARTS) is 1. The highest BCUT2D eigenvalue weighted by molar-refractivity contribution is 9.10. The lowest BCUT2D eigenvalue weighted by Gasteiger charge is -2.42. The molecular formula is C12H13BrO3. The highest BCUT2D eigenvalue weighted by atomic mass is 79.9. The largest absolute Gasteiger partial charge is 0.481 e. The number of carbonyl (C=O) groups is 1. The normalized spacial score (nSPS) is 28.6. The molecule has 86 valence electrons. The standard InChI is InChI=1S/C12H13BrO3/c1-7-2-3-9(10(13)4-7)12(11(15)16)5-8(14)6-12/h2-4,8,14H,5-6H2,1H3,(H,15,16). The quantitative estimate of drug-likeness (QED) is 0.876. The number of carboxylic acids is 1. The topological polar surface area (TPSA) is 57.5 Å². The van der Waals surface area contributed by atoms with Gasteiger partial charge in [0.25, 0.3) is 0 Å². The maximum Gasteiger partial charge on any atom is 0.314 e. The van der Waals surface area contributed by atoms with E-state index in [1.54, 1.807) is 0 Å². The maximum absolute atomic E-state index is 11.4. The minimum Gasteiger partial charge on any atom is -0.481 e. The van der Waals surface area contributed by atoms with Crippen molar-refractivity contribution < 1.29 is 15.0 Å². The number of hydrogen-bond acceptors (Lipinski definition) is 2. The average Bonchev–Trinajstić information content (AvgIpc) is 2.12. The molecule has 1 aromatic rings. The van der Waals surface area contributed by atoms with Crippen LogP contribution in [0.3, 0.4) is 0 Å². The minimum absolute atomic E-state index is 0.296. The Morgan fingerprint density at radius 3 is 2.56 bits per heavy atom. The first-order valence-electron chi connectivity index (χ1n) is 5.14. The number of aryl methyl sites for hydroxylation is 1. The maximum atomic E-state index is 11.4. The number of aliphatic carboxylic acids is 1. The molecule has 0 unspecified atom stereocenters. The van der Waals surface area contributed by atoms with E-state index in [1.807, 2.05) is 25.1 Å². The summed E-state index contributed by atoms with van der Waals surface area (Å²) in [7, 11) is 0. The van der Waals surface area contributed by atoms with Crippen molar-refractivity contribution >= 4 is 21.9 Å². The van der Waals surface area contributed by atoms with Crippen LogP contribution in [0.25, 0.3) is 0 Å².